The fourth-order valence-corrected chi connectivity index (χ4v) is 4.08. The quantitative estimate of drug-likeness (QED) is 0.406. The highest BCUT2D eigenvalue weighted by Crippen LogP contribution is 2.38. The lowest BCUT2D eigenvalue weighted by molar-refractivity contribution is 0.0736. The minimum absolute atomic E-state index is 0.120. The third-order valence-electron chi connectivity index (χ3n) is 5.49. The van der Waals surface area contributed by atoms with E-state index < -0.39 is 11.9 Å². The summed E-state index contributed by atoms with van der Waals surface area (Å²) in [4.78, 5) is 19.2. The van der Waals surface area contributed by atoms with Crippen molar-refractivity contribution in [3.63, 3.8) is 0 Å². The molecule has 2 amide bonds. The Labute approximate surface area is 202 Å². The topological polar surface area (TPSA) is 80.5 Å². The van der Waals surface area contributed by atoms with Gasteiger partial charge in [-0.25, -0.2) is 9.18 Å². The van der Waals surface area contributed by atoms with Gasteiger partial charge in [0.05, 0.1) is 17.7 Å². The number of nitrogens with one attached hydrogen (secondary N) is 1. The van der Waals surface area contributed by atoms with Gasteiger partial charge in [-0.05, 0) is 57.0 Å². The van der Waals surface area contributed by atoms with Crippen LogP contribution in [0.1, 0.15) is 44.7 Å². The van der Waals surface area contributed by atoms with Crippen molar-refractivity contribution in [2.45, 2.75) is 39.3 Å². The van der Waals surface area contributed by atoms with Crippen molar-refractivity contribution in [1.29, 1.82) is 0 Å². The molecule has 4 rings (SSSR count). The molecule has 1 aromatic heterocycles. The number of rotatable bonds is 8. The summed E-state index contributed by atoms with van der Waals surface area (Å²) >= 11 is 6.23. The van der Waals surface area contributed by atoms with Crippen LogP contribution in [-0.2, 0) is 4.74 Å². The molecule has 9 heteroatoms. The molecule has 0 aliphatic carbocycles. The highest BCUT2D eigenvalue weighted by atomic mass is 35.5. The lowest BCUT2D eigenvalue weighted by Crippen LogP contribution is -2.46. The summed E-state index contributed by atoms with van der Waals surface area (Å²) < 4.78 is 25.0. The van der Waals surface area contributed by atoms with E-state index in [1.165, 1.54) is 12.1 Å². The Bertz CT molecular complexity index is 1210. The van der Waals surface area contributed by atoms with E-state index in [9.17, 15) is 9.18 Å². The van der Waals surface area contributed by atoms with Crippen LogP contribution in [0.5, 0.6) is 0 Å². The van der Waals surface area contributed by atoms with E-state index >= 15 is 0 Å². The third kappa shape index (κ3) is 5.29. The van der Waals surface area contributed by atoms with Crippen LogP contribution in [0.4, 0.5) is 9.18 Å². The second-order valence-electron chi connectivity index (χ2n) is 8.29. The number of halogens is 2. The number of nitrogens with zero attached hydrogens (tertiary/aromatic N) is 3. The fraction of sp³-hybridized carbons (Fsp3) is 0.320. The summed E-state index contributed by atoms with van der Waals surface area (Å²) in [5, 5.41) is 7.64. The van der Waals surface area contributed by atoms with Crippen LogP contribution >= 0.6 is 11.6 Å². The Balaban J connectivity index is 1.72. The lowest BCUT2D eigenvalue weighted by Gasteiger charge is -2.35. The molecule has 34 heavy (non-hydrogen) atoms. The average molecular weight is 485 g/mol. The normalized spacial score (nSPS) is 16.4. The van der Waals surface area contributed by atoms with Crippen molar-refractivity contribution < 1.29 is 18.4 Å². The van der Waals surface area contributed by atoms with Crippen molar-refractivity contribution in [2.75, 3.05) is 13.2 Å². The second kappa shape index (κ2) is 10.4. The number of amides is 2. The lowest BCUT2D eigenvalue weighted by atomic mass is 9.94. The Kier molecular flexibility index (Phi) is 7.29. The minimum Gasteiger partial charge on any atom is -0.379 e. The Morgan fingerprint density at radius 2 is 2.03 bits per heavy atom. The van der Waals surface area contributed by atoms with Gasteiger partial charge in [0.15, 0.2) is 0 Å². The van der Waals surface area contributed by atoms with Crippen LogP contribution < -0.4 is 5.32 Å². The van der Waals surface area contributed by atoms with Gasteiger partial charge in [-0.1, -0.05) is 41.0 Å². The number of hydrogen-bond donors (Lipinski definition) is 1. The van der Waals surface area contributed by atoms with Gasteiger partial charge in [-0.15, -0.1) is 0 Å². The highest BCUT2D eigenvalue weighted by molar-refractivity contribution is 6.30. The monoisotopic (exact) mass is 484 g/mol. The van der Waals surface area contributed by atoms with Gasteiger partial charge in [0.2, 0.25) is 5.82 Å². The molecule has 1 aliphatic heterocycles. The van der Waals surface area contributed by atoms with Gasteiger partial charge in [0.1, 0.15) is 5.82 Å². The molecule has 1 N–H and O–H groups in total. The van der Waals surface area contributed by atoms with Crippen molar-refractivity contribution in [3.8, 4) is 11.4 Å². The molecule has 0 saturated carbocycles. The second-order valence-corrected chi connectivity index (χ2v) is 8.73. The summed E-state index contributed by atoms with van der Waals surface area (Å²) in [6, 6.07) is 12.4. The van der Waals surface area contributed by atoms with Crippen molar-refractivity contribution in [2.24, 2.45) is 0 Å². The Morgan fingerprint density at radius 1 is 1.24 bits per heavy atom. The molecule has 1 atom stereocenters. The number of urea groups is 1. The predicted octanol–water partition coefficient (Wildman–Crippen LogP) is 5.84. The maximum Gasteiger partial charge on any atom is 0.322 e. The average Bonchev–Trinajstić information content (AvgIpc) is 3.27. The molecule has 0 fully saturated rings. The van der Waals surface area contributed by atoms with Crippen LogP contribution in [0, 0.1) is 5.82 Å². The molecule has 2 heterocycles. The molecule has 0 spiro atoms. The minimum atomic E-state index is -0.546. The largest absolute Gasteiger partial charge is 0.379 e. The van der Waals surface area contributed by atoms with E-state index in [2.05, 4.69) is 15.5 Å². The molecule has 0 radical (unpaired) electrons. The van der Waals surface area contributed by atoms with Crippen LogP contribution in [-0.4, -0.2) is 40.3 Å². The van der Waals surface area contributed by atoms with E-state index in [0.717, 1.165) is 5.56 Å². The number of allylic oxidation sites excluding steroid dienone is 1. The standard InChI is InChI=1S/C25H26ClFN4O3/c1-15(2)33-12-6-11-31-16(3)21(22(28-25(31)32)17-7-4-9-19(26)13-17)24-29-23(30-34-24)18-8-5-10-20(27)14-18/h4-5,7-10,13-15,22H,6,11-12H2,1-3H3,(H,28,32). The number of carbonyl (C=O) groups excluding carboxylic acids is 1. The van der Waals surface area contributed by atoms with Gasteiger partial charge in [0, 0.05) is 29.4 Å². The van der Waals surface area contributed by atoms with E-state index in [1.807, 2.05) is 32.9 Å². The number of aromatic nitrogens is 2. The molecule has 3 aromatic rings. The first kappa shape index (κ1) is 23.9. The van der Waals surface area contributed by atoms with Crippen LogP contribution in [0.3, 0.4) is 0 Å². The van der Waals surface area contributed by atoms with Gasteiger partial charge >= 0.3 is 6.03 Å². The summed E-state index contributed by atoms with van der Waals surface area (Å²) in [5.41, 5.74) is 2.62. The highest BCUT2D eigenvalue weighted by Gasteiger charge is 2.35. The summed E-state index contributed by atoms with van der Waals surface area (Å²) in [7, 11) is 0. The molecule has 2 aromatic carbocycles. The molecule has 0 bridgehead atoms. The predicted molar refractivity (Wildman–Crippen MR) is 127 cm³/mol. The SMILES string of the molecule is CC1=C(c2nc(-c3cccc(F)c3)no2)C(c2cccc(Cl)c2)NC(=O)N1CCCOC(C)C. The van der Waals surface area contributed by atoms with Gasteiger partial charge in [-0.3, -0.25) is 4.90 Å². The first-order chi connectivity index (χ1) is 16.3. The number of ether oxygens (including phenoxy) is 1. The molecule has 7 nitrogen and oxygen atoms in total. The summed E-state index contributed by atoms with van der Waals surface area (Å²) in [6.45, 7) is 6.78. The van der Waals surface area contributed by atoms with Gasteiger partial charge in [-0.2, -0.15) is 4.98 Å². The van der Waals surface area contributed by atoms with E-state index in [1.54, 1.807) is 29.2 Å². The van der Waals surface area contributed by atoms with Crippen LogP contribution in [0.15, 0.2) is 58.8 Å². The summed E-state index contributed by atoms with van der Waals surface area (Å²) in [6.07, 6.45) is 0.783. The zero-order valence-corrected chi connectivity index (χ0v) is 20.0. The first-order valence-corrected chi connectivity index (χ1v) is 11.5. The Hall–Kier alpha value is -3.23. The Morgan fingerprint density at radius 3 is 2.76 bits per heavy atom. The molecule has 1 aliphatic rings. The fourth-order valence-electron chi connectivity index (χ4n) is 3.88. The van der Waals surface area contributed by atoms with E-state index in [-0.39, 0.29) is 23.9 Å². The third-order valence-corrected chi connectivity index (χ3v) is 5.73. The smallest absolute Gasteiger partial charge is 0.322 e. The van der Waals surface area contributed by atoms with E-state index in [0.29, 0.717) is 41.4 Å². The van der Waals surface area contributed by atoms with Crippen LogP contribution in [0.2, 0.25) is 5.02 Å². The van der Waals surface area contributed by atoms with Crippen molar-refractivity contribution in [3.05, 3.63) is 76.5 Å². The summed E-state index contributed by atoms with van der Waals surface area (Å²) in [5.74, 6) is 0.106. The zero-order valence-electron chi connectivity index (χ0n) is 19.2. The van der Waals surface area contributed by atoms with Crippen LogP contribution in [0.25, 0.3) is 17.0 Å². The molecule has 178 valence electrons. The maximum absolute atomic E-state index is 13.7. The molecular weight excluding hydrogens is 459 g/mol. The van der Waals surface area contributed by atoms with E-state index in [4.69, 9.17) is 20.9 Å². The van der Waals surface area contributed by atoms with Crippen molar-refractivity contribution >= 4 is 23.2 Å². The molecule has 0 saturated heterocycles. The maximum atomic E-state index is 13.7. The first-order valence-electron chi connectivity index (χ1n) is 11.1. The number of hydrogen-bond acceptors (Lipinski definition) is 5. The molecular formula is C25H26ClFN4O3. The van der Waals surface area contributed by atoms with Gasteiger partial charge in [0.25, 0.3) is 5.89 Å². The molecule has 1 unspecified atom stereocenters. The number of benzene rings is 2. The number of carbonyl (C=O) groups is 1. The zero-order chi connectivity index (χ0) is 24.2. The van der Waals surface area contributed by atoms with Crippen molar-refractivity contribution in [1.82, 2.24) is 20.4 Å². The van der Waals surface area contributed by atoms with Gasteiger partial charge < -0.3 is 14.6 Å².